The zero-order chi connectivity index (χ0) is 11.5. The summed E-state index contributed by atoms with van der Waals surface area (Å²) >= 11 is 0. The van der Waals surface area contributed by atoms with Crippen molar-refractivity contribution in [3.8, 4) is 6.07 Å². The molecule has 0 amide bonds. The number of hydrogen-bond acceptors (Lipinski definition) is 3. The lowest BCUT2D eigenvalue weighted by atomic mass is 10.1. The molecule has 82 valence electrons. The van der Waals surface area contributed by atoms with E-state index in [2.05, 4.69) is 0 Å². The molecule has 1 fully saturated rings. The van der Waals surface area contributed by atoms with Gasteiger partial charge in [-0.2, -0.15) is 5.26 Å². The molecule has 1 heterocycles. The number of halogens is 1. The minimum absolute atomic E-state index is 0.227. The predicted molar refractivity (Wildman–Crippen MR) is 57.6 cm³/mol. The number of hydrogen-bond donors (Lipinski definition) is 0. The van der Waals surface area contributed by atoms with Crippen LogP contribution >= 0.6 is 0 Å². The molecule has 1 aliphatic heterocycles. The van der Waals surface area contributed by atoms with Crippen LogP contribution in [0.25, 0.3) is 0 Å². The van der Waals surface area contributed by atoms with Gasteiger partial charge in [0.05, 0.1) is 17.3 Å². The second-order valence-electron chi connectivity index (χ2n) is 3.80. The first kappa shape index (κ1) is 10.6. The number of carbonyl (C=O) groups excluding carboxylic acids is 1. The van der Waals surface area contributed by atoms with E-state index < -0.39 is 5.82 Å². The van der Waals surface area contributed by atoms with E-state index in [4.69, 9.17) is 5.26 Å². The lowest BCUT2D eigenvalue weighted by molar-refractivity contribution is -0.119. The Hall–Kier alpha value is -1.89. The summed E-state index contributed by atoms with van der Waals surface area (Å²) in [5.74, 6) is -0.168. The molecule has 0 aliphatic carbocycles. The summed E-state index contributed by atoms with van der Waals surface area (Å²) in [7, 11) is 0. The molecule has 0 radical (unpaired) electrons. The Morgan fingerprint density at radius 1 is 1.31 bits per heavy atom. The molecular weight excluding hydrogens is 207 g/mol. The van der Waals surface area contributed by atoms with Crippen molar-refractivity contribution < 1.29 is 9.18 Å². The van der Waals surface area contributed by atoms with Crippen molar-refractivity contribution in [2.45, 2.75) is 12.8 Å². The van der Waals surface area contributed by atoms with Crippen molar-refractivity contribution in [2.24, 2.45) is 0 Å². The smallest absolute Gasteiger partial charge is 0.147 e. The van der Waals surface area contributed by atoms with Gasteiger partial charge in [0, 0.05) is 25.9 Å². The lowest BCUT2D eigenvalue weighted by Gasteiger charge is -2.28. The van der Waals surface area contributed by atoms with Gasteiger partial charge in [-0.05, 0) is 18.2 Å². The zero-order valence-corrected chi connectivity index (χ0v) is 8.74. The highest BCUT2D eigenvalue weighted by Crippen LogP contribution is 2.22. The molecule has 4 heteroatoms. The Labute approximate surface area is 93.1 Å². The third kappa shape index (κ3) is 2.03. The summed E-state index contributed by atoms with van der Waals surface area (Å²) in [6, 6.07) is 6.31. The van der Waals surface area contributed by atoms with Crippen LogP contribution in [0.1, 0.15) is 18.4 Å². The van der Waals surface area contributed by atoms with Crippen molar-refractivity contribution in [3.63, 3.8) is 0 Å². The van der Waals surface area contributed by atoms with E-state index in [0.717, 1.165) is 0 Å². The van der Waals surface area contributed by atoms with Gasteiger partial charge in [-0.25, -0.2) is 4.39 Å². The number of piperidine rings is 1. The normalized spacial score (nSPS) is 16.0. The third-order valence-corrected chi connectivity index (χ3v) is 2.74. The summed E-state index contributed by atoms with van der Waals surface area (Å²) in [4.78, 5) is 12.9. The molecule has 0 unspecified atom stereocenters. The lowest BCUT2D eigenvalue weighted by Crippen LogP contribution is -2.34. The highest BCUT2D eigenvalue weighted by atomic mass is 19.1. The van der Waals surface area contributed by atoms with E-state index in [1.165, 1.54) is 6.07 Å². The van der Waals surface area contributed by atoms with E-state index in [1.807, 2.05) is 11.0 Å². The van der Waals surface area contributed by atoms with Crippen LogP contribution in [0.5, 0.6) is 0 Å². The molecule has 0 atom stereocenters. The largest absolute Gasteiger partial charge is 0.368 e. The van der Waals surface area contributed by atoms with Gasteiger partial charge in [-0.15, -0.1) is 0 Å². The number of carbonyl (C=O) groups is 1. The van der Waals surface area contributed by atoms with Crippen molar-refractivity contribution >= 4 is 11.5 Å². The maximum absolute atomic E-state index is 13.6. The topological polar surface area (TPSA) is 44.1 Å². The highest BCUT2D eigenvalue weighted by Gasteiger charge is 2.18. The minimum atomic E-state index is -0.395. The average Bonchev–Trinajstić information content (AvgIpc) is 2.30. The average molecular weight is 218 g/mol. The summed E-state index contributed by atoms with van der Waals surface area (Å²) in [5, 5.41) is 8.62. The monoisotopic (exact) mass is 218 g/mol. The van der Waals surface area contributed by atoms with E-state index >= 15 is 0 Å². The van der Waals surface area contributed by atoms with Gasteiger partial charge in [0.1, 0.15) is 11.6 Å². The fraction of sp³-hybridized carbons (Fsp3) is 0.333. The number of ketones is 1. The number of nitriles is 1. The second kappa shape index (κ2) is 4.31. The number of anilines is 1. The van der Waals surface area contributed by atoms with Gasteiger partial charge in [0.2, 0.25) is 0 Å². The van der Waals surface area contributed by atoms with Crippen molar-refractivity contribution in [1.29, 1.82) is 5.26 Å². The second-order valence-corrected chi connectivity index (χ2v) is 3.80. The van der Waals surface area contributed by atoms with Crippen LogP contribution in [0.3, 0.4) is 0 Å². The minimum Gasteiger partial charge on any atom is -0.368 e. The predicted octanol–water partition coefficient (Wildman–Crippen LogP) is 1.87. The Balaban J connectivity index is 2.21. The Morgan fingerprint density at radius 3 is 2.56 bits per heavy atom. The molecule has 0 N–H and O–H groups in total. The van der Waals surface area contributed by atoms with Crippen molar-refractivity contribution in [1.82, 2.24) is 0 Å². The molecule has 16 heavy (non-hydrogen) atoms. The molecular formula is C12H11FN2O. The first-order valence-corrected chi connectivity index (χ1v) is 5.17. The van der Waals surface area contributed by atoms with Crippen molar-refractivity contribution in [2.75, 3.05) is 18.0 Å². The van der Waals surface area contributed by atoms with Gasteiger partial charge < -0.3 is 4.90 Å². The first-order chi connectivity index (χ1) is 7.70. The van der Waals surface area contributed by atoms with Crippen LogP contribution in [0.4, 0.5) is 10.1 Å². The van der Waals surface area contributed by atoms with Crippen LogP contribution < -0.4 is 4.90 Å². The van der Waals surface area contributed by atoms with Crippen molar-refractivity contribution in [3.05, 3.63) is 29.6 Å². The fourth-order valence-electron chi connectivity index (χ4n) is 1.83. The molecule has 0 bridgehead atoms. The molecule has 3 nitrogen and oxygen atoms in total. The maximum atomic E-state index is 13.6. The molecule has 1 aromatic rings. The molecule has 0 aromatic heterocycles. The SMILES string of the molecule is N#Cc1ccc(N2CCC(=O)CC2)c(F)c1. The summed E-state index contributed by atoms with van der Waals surface area (Å²) in [6.45, 7) is 1.11. The summed E-state index contributed by atoms with van der Waals surface area (Å²) in [5.41, 5.74) is 0.792. The number of Topliss-reactive ketones (excluding diaryl/α,β-unsaturated/α-hetero) is 1. The maximum Gasteiger partial charge on any atom is 0.147 e. The van der Waals surface area contributed by atoms with E-state index in [9.17, 15) is 9.18 Å². The van der Waals surface area contributed by atoms with Crippen LogP contribution in [0.2, 0.25) is 0 Å². The zero-order valence-electron chi connectivity index (χ0n) is 8.74. The molecule has 1 aliphatic rings. The standard InChI is InChI=1S/C12H11FN2O/c13-11-7-9(8-14)1-2-12(11)15-5-3-10(16)4-6-15/h1-2,7H,3-6H2. The van der Waals surface area contributed by atoms with Crippen LogP contribution in [-0.4, -0.2) is 18.9 Å². The Bertz CT molecular complexity index is 455. The van der Waals surface area contributed by atoms with Gasteiger partial charge in [0.15, 0.2) is 0 Å². The van der Waals surface area contributed by atoms with Gasteiger partial charge >= 0.3 is 0 Å². The number of benzene rings is 1. The highest BCUT2D eigenvalue weighted by molar-refractivity contribution is 5.81. The third-order valence-electron chi connectivity index (χ3n) is 2.74. The number of nitrogens with zero attached hydrogens (tertiary/aromatic N) is 2. The van der Waals surface area contributed by atoms with Crippen LogP contribution in [0.15, 0.2) is 18.2 Å². The summed E-state index contributed by atoms with van der Waals surface area (Å²) < 4.78 is 13.6. The van der Waals surface area contributed by atoms with E-state index in [1.54, 1.807) is 12.1 Å². The molecule has 1 saturated heterocycles. The molecule has 0 saturated carbocycles. The quantitative estimate of drug-likeness (QED) is 0.722. The van der Waals surface area contributed by atoms with Crippen LogP contribution in [-0.2, 0) is 4.79 Å². The fourth-order valence-corrected chi connectivity index (χ4v) is 1.83. The first-order valence-electron chi connectivity index (χ1n) is 5.17. The van der Waals surface area contributed by atoms with Crippen LogP contribution in [0, 0.1) is 17.1 Å². The Kier molecular flexibility index (Phi) is 2.86. The Morgan fingerprint density at radius 2 is 2.00 bits per heavy atom. The van der Waals surface area contributed by atoms with Gasteiger partial charge in [-0.3, -0.25) is 4.79 Å². The number of rotatable bonds is 1. The van der Waals surface area contributed by atoms with Gasteiger partial charge in [-0.1, -0.05) is 0 Å². The van der Waals surface area contributed by atoms with E-state index in [-0.39, 0.29) is 5.78 Å². The summed E-state index contributed by atoms with van der Waals surface area (Å²) in [6.07, 6.45) is 0.943. The molecule has 0 spiro atoms. The van der Waals surface area contributed by atoms with Gasteiger partial charge in [0.25, 0.3) is 0 Å². The molecule has 1 aromatic carbocycles. The molecule has 2 rings (SSSR count). The van der Waals surface area contributed by atoms with E-state index in [0.29, 0.717) is 37.2 Å².